The predicted molar refractivity (Wildman–Crippen MR) is 86.9 cm³/mol. The van der Waals surface area contributed by atoms with Gasteiger partial charge in [0.25, 0.3) is 11.8 Å². The SMILES string of the molecule is CCc1ccsc1C(=O)N1CCN(C(=O)c2c[nH]c(=O)[nH]2)CC1. The Kier molecular flexibility index (Phi) is 4.33. The molecule has 1 aliphatic rings. The smallest absolute Gasteiger partial charge is 0.323 e. The lowest BCUT2D eigenvalue weighted by atomic mass is 10.2. The Hall–Kier alpha value is -2.35. The first-order chi connectivity index (χ1) is 11.1. The molecule has 0 saturated carbocycles. The number of hydrogen-bond donors (Lipinski definition) is 2. The second kappa shape index (κ2) is 6.41. The van der Waals surface area contributed by atoms with Crippen LogP contribution in [0.5, 0.6) is 0 Å². The summed E-state index contributed by atoms with van der Waals surface area (Å²) in [6.45, 7) is 3.96. The van der Waals surface area contributed by atoms with E-state index >= 15 is 0 Å². The number of piperazine rings is 1. The van der Waals surface area contributed by atoms with Gasteiger partial charge in [-0.1, -0.05) is 6.92 Å². The lowest BCUT2D eigenvalue weighted by Gasteiger charge is -2.34. The largest absolute Gasteiger partial charge is 0.334 e. The van der Waals surface area contributed by atoms with Crippen LogP contribution in [0.1, 0.15) is 32.6 Å². The molecule has 2 amide bonds. The molecule has 2 aromatic rings. The summed E-state index contributed by atoms with van der Waals surface area (Å²) in [6.07, 6.45) is 2.21. The molecule has 0 spiro atoms. The maximum Gasteiger partial charge on any atom is 0.323 e. The van der Waals surface area contributed by atoms with E-state index in [9.17, 15) is 14.4 Å². The summed E-state index contributed by atoms with van der Waals surface area (Å²) in [6, 6.07) is 1.99. The summed E-state index contributed by atoms with van der Waals surface area (Å²) in [4.78, 5) is 45.0. The van der Waals surface area contributed by atoms with Crippen LogP contribution in [-0.2, 0) is 6.42 Å². The summed E-state index contributed by atoms with van der Waals surface area (Å²) in [5.41, 5.74) is 0.927. The first kappa shape index (κ1) is 15.5. The third-order valence-corrected chi connectivity index (χ3v) is 4.95. The maximum atomic E-state index is 12.6. The number of nitrogens with one attached hydrogen (secondary N) is 2. The van der Waals surface area contributed by atoms with Crippen LogP contribution in [0.4, 0.5) is 0 Å². The maximum absolute atomic E-state index is 12.6. The molecule has 0 aliphatic carbocycles. The number of rotatable bonds is 3. The molecule has 0 aromatic carbocycles. The molecular formula is C15H18N4O3S. The van der Waals surface area contributed by atoms with Crippen molar-refractivity contribution in [3.8, 4) is 0 Å². The van der Waals surface area contributed by atoms with E-state index in [1.807, 2.05) is 18.4 Å². The van der Waals surface area contributed by atoms with Gasteiger partial charge >= 0.3 is 5.69 Å². The monoisotopic (exact) mass is 334 g/mol. The molecule has 2 aromatic heterocycles. The Morgan fingerprint density at radius 2 is 1.83 bits per heavy atom. The number of hydrogen-bond acceptors (Lipinski definition) is 4. The van der Waals surface area contributed by atoms with E-state index in [0.29, 0.717) is 26.2 Å². The Balaban J connectivity index is 1.63. The quantitative estimate of drug-likeness (QED) is 0.875. The Bertz CT molecular complexity index is 768. The van der Waals surface area contributed by atoms with Crippen LogP contribution in [0.3, 0.4) is 0 Å². The third kappa shape index (κ3) is 3.07. The van der Waals surface area contributed by atoms with Crippen molar-refractivity contribution in [3.05, 3.63) is 44.3 Å². The number of thiophene rings is 1. The fourth-order valence-corrected chi connectivity index (χ4v) is 3.64. The minimum atomic E-state index is -0.396. The lowest BCUT2D eigenvalue weighted by molar-refractivity contribution is 0.0534. The van der Waals surface area contributed by atoms with Crippen LogP contribution in [0.2, 0.25) is 0 Å². The van der Waals surface area contributed by atoms with Crippen molar-refractivity contribution in [2.24, 2.45) is 0 Å². The number of carbonyl (C=O) groups is 2. The molecule has 0 bridgehead atoms. The minimum Gasteiger partial charge on any atom is -0.334 e. The summed E-state index contributed by atoms with van der Waals surface area (Å²) in [7, 11) is 0. The molecule has 1 aliphatic heterocycles. The van der Waals surface area contributed by atoms with E-state index < -0.39 is 5.69 Å². The third-order valence-electron chi connectivity index (χ3n) is 4.00. The van der Waals surface area contributed by atoms with Gasteiger partial charge in [-0.3, -0.25) is 9.59 Å². The summed E-state index contributed by atoms with van der Waals surface area (Å²) in [5, 5.41) is 1.94. The van der Waals surface area contributed by atoms with Crippen molar-refractivity contribution in [1.29, 1.82) is 0 Å². The van der Waals surface area contributed by atoms with Gasteiger partial charge in [-0.25, -0.2) is 4.79 Å². The molecule has 8 heteroatoms. The van der Waals surface area contributed by atoms with Crippen molar-refractivity contribution in [3.63, 3.8) is 0 Å². The molecule has 23 heavy (non-hydrogen) atoms. The van der Waals surface area contributed by atoms with Crippen LogP contribution < -0.4 is 5.69 Å². The zero-order valence-electron chi connectivity index (χ0n) is 12.8. The molecule has 122 valence electrons. The van der Waals surface area contributed by atoms with Crippen molar-refractivity contribution >= 4 is 23.2 Å². The van der Waals surface area contributed by atoms with Crippen molar-refractivity contribution < 1.29 is 9.59 Å². The van der Waals surface area contributed by atoms with Gasteiger partial charge < -0.3 is 19.8 Å². The number of imidazole rings is 1. The number of H-pyrrole nitrogens is 2. The first-order valence-corrected chi connectivity index (χ1v) is 8.40. The van der Waals surface area contributed by atoms with Crippen LogP contribution in [0.25, 0.3) is 0 Å². The number of nitrogens with zero attached hydrogens (tertiary/aromatic N) is 2. The average molecular weight is 334 g/mol. The Morgan fingerprint density at radius 3 is 2.39 bits per heavy atom. The summed E-state index contributed by atoms with van der Waals surface area (Å²) in [5.74, 6) is -0.181. The molecule has 3 rings (SSSR count). The van der Waals surface area contributed by atoms with Crippen molar-refractivity contribution in [2.45, 2.75) is 13.3 Å². The highest BCUT2D eigenvalue weighted by Crippen LogP contribution is 2.20. The topological polar surface area (TPSA) is 89.3 Å². The standard InChI is InChI=1S/C15H18N4O3S/c1-2-10-3-8-23-12(10)14(21)19-6-4-18(5-7-19)13(20)11-9-16-15(22)17-11/h3,8-9H,2,4-7H2,1H3,(H2,16,17,22). The van der Waals surface area contributed by atoms with E-state index in [4.69, 9.17) is 0 Å². The van der Waals surface area contributed by atoms with Crippen LogP contribution >= 0.6 is 11.3 Å². The zero-order chi connectivity index (χ0) is 16.4. The summed E-state index contributed by atoms with van der Waals surface area (Å²) >= 11 is 1.47. The Labute approximate surface area is 136 Å². The Morgan fingerprint density at radius 1 is 1.17 bits per heavy atom. The van der Waals surface area contributed by atoms with E-state index in [2.05, 4.69) is 9.97 Å². The first-order valence-electron chi connectivity index (χ1n) is 7.52. The molecule has 0 unspecified atom stereocenters. The van der Waals surface area contributed by atoms with E-state index in [1.54, 1.807) is 9.80 Å². The normalized spacial score (nSPS) is 15.0. The van der Waals surface area contributed by atoms with Gasteiger partial charge in [-0.2, -0.15) is 0 Å². The second-order valence-electron chi connectivity index (χ2n) is 5.37. The van der Waals surface area contributed by atoms with Crippen molar-refractivity contribution in [1.82, 2.24) is 19.8 Å². The van der Waals surface area contributed by atoms with Gasteiger partial charge in [0.2, 0.25) is 0 Å². The molecule has 0 radical (unpaired) electrons. The van der Waals surface area contributed by atoms with Gasteiger partial charge in [0.1, 0.15) is 5.69 Å². The molecule has 1 saturated heterocycles. The minimum absolute atomic E-state index is 0.0407. The second-order valence-corrected chi connectivity index (χ2v) is 6.29. The summed E-state index contributed by atoms with van der Waals surface area (Å²) < 4.78 is 0. The van der Waals surface area contributed by atoms with Gasteiger partial charge in [0.05, 0.1) is 4.88 Å². The predicted octanol–water partition coefficient (Wildman–Crippen LogP) is 0.925. The molecule has 1 fully saturated rings. The lowest BCUT2D eigenvalue weighted by Crippen LogP contribution is -2.50. The number of aryl methyl sites for hydroxylation is 1. The number of amides is 2. The average Bonchev–Trinajstić information content (AvgIpc) is 3.22. The zero-order valence-corrected chi connectivity index (χ0v) is 13.6. The highest BCUT2D eigenvalue weighted by molar-refractivity contribution is 7.12. The number of aromatic nitrogens is 2. The highest BCUT2D eigenvalue weighted by Gasteiger charge is 2.27. The fraction of sp³-hybridized carbons (Fsp3) is 0.400. The fourth-order valence-electron chi connectivity index (χ4n) is 2.68. The molecule has 0 atom stereocenters. The molecule has 3 heterocycles. The van der Waals surface area contributed by atoms with Crippen LogP contribution in [-0.4, -0.2) is 57.8 Å². The van der Waals surface area contributed by atoms with E-state index in [1.165, 1.54) is 17.5 Å². The molecule has 7 nitrogen and oxygen atoms in total. The van der Waals surface area contributed by atoms with Gasteiger partial charge in [0, 0.05) is 32.4 Å². The van der Waals surface area contributed by atoms with E-state index in [0.717, 1.165) is 16.9 Å². The van der Waals surface area contributed by atoms with Crippen molar-refractivity contribution in [2.75, 3.05) is 26.2 Å². The number of aromatic amines is 2. The van der Waals surface area contributed by atoms with Crippen LogP contribution in [0, 0.1) is 0 Å². The van der Waals surface area contributed by atoms with Gasteiger partial charge in [-0.05, 0) is 23.4 Å². The van der Waals surface area contributed by atoms with Crippen LogP contribution in [0.15, 0.2) is 22.4 Å². The molecular weight excluding hydrogens is 316 g/mol. The molecule has 2 N–H and O–H groups in total. The highest BCUT2D eigenvalue weighted by atomic mass is 32.1. The van der Waals surface area contributed by atoms with Gasteiger partial charge in [-0.15, -0.1) is 11.3 Å². The van der Waals surface area contributed by atoms with E-state index in [-0.39, 0.29) is 17.5 Å². The van der Waals surface area contributed by atoms with Gasteiger partial charge in [0.15, 0.2) is 0 Å². The number of carbonyl (C=O) groups excluding carboxylic acids is 2.